The molecule has 6 nitrogen and oxygen atoms in total. The number of carbonyl (C=O) groups excluding carboxylic acids is 1. The van der Waals surface area contributed by atoms with Gasteiger partial charge >= 0.3 is 0 Å². The van der Waals surface area contributed by atoms with E-state index in [-0.39, 0.29) is 11.2 Å². The number of ether oxygens (including phenoxy) is 1. The molecule has 7 heteroatoms. The molecular weight excluding hydrogens is 376 g/mol. The van der Waals surface area contributed by atoms with Crippen LogP contribution in [0.5, 0.6) is 5.75 Å². The molecule has 0 aliphatic rings. The molecule has 0 aliphatic carbocycles. The van der Waals surface area contributed by atoms with Gasteiger partial charge < -0.3 is 4.74 Å². The Hall–Kier alpha value is -2.67. The van der Waals surface area contributed by atoms with E-state index in [0.29, 0.717) is 18.8 Å². The molecule has 2 aromatic rings. The van der Waals surface area contributed by atoms with E-state index in [9.17, 15) is 13.2 Å². The van der Waals surface area contributed by atoms with Crippen LogP contribution in [-0.2, 0) is 21.4 Å². The summed E-state index contributed by atoms with van der Waals surface area (Å²) in [4.78, 5) is 16.1. The van der Waals surface area contributed by atoms with E-state index in [4.69, 9.17) is 4.74 Å². The zero-order chi connectivity index (χ0) is 20.6. The van der Waals surface area contributed by atoms with Crippen LogP contribution in [0.25, 0.3) is 6.08 Å². The summed E-state index contributed by atoms with van der Waals surface area (Å²) in [5.41, 5.74) is 1.47. The summed E-state index contributed by atoms with van der Waals surface area (Å²) in [5, 5.41) is 0. The second-order valence-electron chi connectivity index (χ2n) is 7.61. The van der Waals surface area contributed by atoms with Crippen molar-refractivity contribution in [1.29, 1.82) is 0 Å². The second-order valence-corrected chi connectivity index (χ2v) is 9.45. The number of rotatable bonds is 8. The lowest BCUT2D eigenvalue weighted by atomic mass is 9.94. The molecule has 0 radical (unpaired) electrons. The summed E-state index contributed by atoms with van der Waals surface area (Å²) in [5.74, 6) is -0.0697. The average molecular weight is 403 g/mol. The second kappa shape index (κ2) is 9.50. The van der Waals surface area contributed by atoms with Gasteiger partial charge in [0.05, 0.1) is 11.4 Å². The van der Waals surface area contributed by atoms with Crippen LogP contribution in [0.15, 0.2) is 54.7 Å². The van der Waals surface area contributed by atoms with Gasteiger partial charge in [-0.25, -0.2) is 13.1 Å². The summed E-state index contributed by atoms with van der Waals surface area (Å²) in [6.45, 7) is 6.22. The van der Waals surface area contributed by atoms with Gasteiger partial charge in [0.1, 0.15) is 12.4 Å². The van der Waals surface area contributed by atoms with Crippen LogP contribution >= 0.6 is 0 Å². The Morgan fingerprint density at radius 2 is 1.86 bits per heavy atom. The van der Waals surface area contributed by atoms with E-state index >= 15 is 0 Å². The highest BCUT2D eigenvalue weighted by molar-refractivity contribution is 7.90. The predicted octanol–water partition coefficient (Wildman–Crippen LogP) is 3.56. The molecule has 0 fully saturated rings. The van der Waals surface area contributed by atoms with Crippen molar-refractivity contribution in [3.63, 3.8) is 0 Å². The SMILES string of the molecule is CC(C)(C)CCS(=O)(=O)NC(=O)C=Cc1ccc(OCc2ccccn2)cc1. The Balaban J connectivity index is 1.85. The maximum Gasteiger partial charge on any atom is 0.257 e. The van der Waals surface area contributed by atoms with Crippen LogP contribution in [0.3, 0.4) is 0 Å². The molecule has 0 unspecified atom stereocenters. The Bertz CT molecular complexity index is 900. The minimum Gasteiger partial charge on any atom is -0.487 e. The minimum atomic E-state index is -3.64. The van der Waals surface area contributed by atoms with Crippen LogP contribution < -0.4 is 9.46 Å². The predicted molar refractivity (Wildman–Crippen MR) is 110 cm³/mol. The van der Waals surface area contributed by atoms with Crippen molar-refractivity contribution in [2.75, 3.05) is 5.75 Å². The smallest absolute Gasteiger partial charge is 0.257 e. The lowest BCUT2D eigenvalue weighted by Gasteiger charge is -2.17. The third-order valence-corrected chi connectivity index (χ3v) is 5.05. The molecule has 0 bridgehead atoms. The van der Waals surface area contributed by atoms with Crippen LogP contribution in [0, 0.1) is 5.41 Å². The number of pyridine rings is 1. The molecule has 0 spiro atoms. The monoisotopic (exact) mass is 402 g/mol. The molecule has 1 amide bonds. The molecular formula is C21H26N2O4S. The molecule has 1 aromatic heterocycles. The molecule has 1 heterocycles. The normalized spacial score (nSPS) is 12.1. The number of nitrogens with zero attached hydrogens (tertiary/aromatic N) is 1. The molecule has 150 valence electrons. The Morgan fingerprint density at radius 1 is 1.14 bits per heavy atom. The van der Waals surface area contributed by atoms with Gasteiger partial charge in [-0.05, 0) is 47.7 Å². The number of hydrogen-bond donors (Lipinski definition) is 1. The molecule has 0 saturated heterocycles. The Kier molecular flexibility index (Phi) is 7.34. The lowest BCUT2D eigenvalue weighted by molar-refractivity contribution is -0.114. The maximum absolute atomic E-state index is 11.9. The topological polar surface area (TPSA) is 85.4 Å². The Labute approximate surface area is 166 Å². The molecule has 2 rings (SSSR count). The minimum absolute atomic E-state index is 0.0849. The highest BCUT2D eigenvalue weighted by Gasteiger charge is 2.18. The van der Waals surface area contributed by atoms with Gasteiger partial charge in [-0.1, -0.05) is 39.0 Å². The zero-order valence-corrected chi connectivity index (χ0v) is 17.2. The van der Waals surface area contributed by atoms with Crippen LogP contribution in [-0.4, -0.2) is 25.1 Å². The fourth-order valence-electron chi connectivity index (χ4n) is 2.17. The third-order valence-electron chi connectivity index (χ3n) is 3.80. The number of carbonyl (C=O) groups is 1. The molecule has 1 aromatic carbocycles. The van der Waals surface area contributed by atoms with Crippen LogP contribution in [0.1, 0.15) is 38.4 Å². The zero-order valence-electron chi connectivity index (χ0n) is 16.4. The fraction of sp³-hybridized carbons (Fsp3) is 0.333. The van der Waals surface area contributed by atoms with Gasteiger partial charge in [-0.2, -0.15) is 0 Å². The fourth-order valence-corrected chi connectivity index (χ4v) is 3.52. The van der Waals surface area contributed by atoms with Crippen LogP contribution in [0.2, 0.25) is 0 Å². The van der Waals surface area contributed by atoms with E-state index in [0.717, 1.165) is 11.3 Å². The molecule has 0 atom stereocenters. The van der Waals surface area contributed by atoms with Gasteiger partial charge in [0.15, 0.2) is 0 Å². The van der Waals surface area contributed by atoms with Gasteiger partial charge in [0.25, 0.3) is 5.91 Å². The van der Waals surface area contributed by atoms with Gasteiger partial charge in [-0.15, -0.1) is 0 Å². The number of amides is 1. The lowest BCUT2D eigenvalue weighted by Crippen LogP contribution is -2.32. The van der Waals surface area contributed by atoms with E-state index in [1.807, 2.05) is 39.0 Å². The number of sulfonamides is 1. The summed E-state index contributed by atoms with van der Waals surface area (Å²) in [6.07, 6.45) is 4.94. The Morgan fingerprint density at radius 3 is 2.46 bits per heavy atom. The van der Waals surface area contributed by atoms with Crippen molar-refractivity contribution in [1.82, 2.24) is 9.71 Å². The first-order chi connectivity index (χ1) is 13.1. The molecule has 1 N–H and O–H groups in total. The van der Waals surface area contributed by atoms with Crippen molar-refractivity contribution in [2.45, 2.75) is 33.8 Å². The first-order valence-corrected chi connectivity index (χ1v) is 10.6. The van der Waals surface area contributed by atoms with Gasteiger partial charge in [-0.3, -0.25) is 9.78 Å². The number of nitrogens with one attached hydrogen (secondary N) is 1. The quantitative estimate of drug-likeness (QED) is 0.683. The van der Waals surface area contributed by atoms with E-state index in [1.54, 1.807) is 36.5 Å². The largest absolute Gasteiger partial charge is 0.487 e. The first-order valence-electron chi connectivity index (χ1n) is 8.98. The van der Waals surface area contributed by atoms with Crippen molar-refractivity contribution >= 4 is 22.0 Å². The maximum atomic E-state index is 11.9. The van der Waals surface area contributed by atoms with E-state index in [2.05, 4.69) is 9.71 Å². The molecule has 0 saturated carbocycles. The van der Waals surface area contributed by atoms with E-state index in [1.165, 1.54) is 6.08 Å². The number of hydrogen-bond acceptors (Lipinski definition) is 5. The van der Waals surface area contributed by atoms with Crippen molar-refractivity contribution in [2.24, 2.45) is 5.41 Å². The van der Waals surface area contributed by atoms with E-state index < -0.39 is 15.9 Å². The average Bonchev–Trinajstić information content (AvgIpc) is 2.64. The summed E-state index contributed by atoms with van der Waals surface area (Å²) in [6, 6.07) is 12.7. The standard InChI is InChI=1S/C21H26N2O4S/c1-21(2,3)13-15-28(25,26)23-20(24)12-9-17-7-10-19(11-8-17)27-16-18-6-4-5-14-22-18/h4-12,14H,13,15-16H2,1-3H3,(H,23,24). The van der Waals surface area contributed by atoms with Crippen molar-refractivity contribution in [3.8, 4) is 5.75 Å². The highest BCUT2D eigenvalue weighted by atomic mass is 32.2. The number of aromatic nitrogens is 1. The van der Waals surface area contributed by atoms with Crippen LogP contribution in [0.4, 0.5) is 0 Å². The van der Waals surface area contributed by atoms with Crippen molar-refractivity contribution < 1.29 is 17.9 Å². The number of benzene rings is 1. The van der Waals surface area contributed by atoms with Gasteiger partial charge in [0, 0.05) is 12.3 Å². The van der Waals surface area contributed by atoms with Crippen molar-refractivity contribution in [3.05, 3.63) is 66.0 Å². The summed E-state index contributed by atoms with van der Waals surface area (Å²) >= 11 is 0. The molecule has 28 heavy (non-hydrogen) atoms. The summed E-state index contributed by atoms with van der Waals surface area (Å²) < 4.78 is 31.6. The third kappa shape index (κ3) is 8.35. The first kappa shape index (κ1) is 21.6. The van der Waals surface area contributed by atoms with Gasteiger partial charge in [0.2, 0.25) is 10.0 Å². The highest BCUT2D eigenvalue weighted by Crippen LogP contribution is 2.19. The molecule has 0 aliphatic heterocycles. The summed E-state index contributed by atoms with van der Waals surface area (Å²) in [7, 11) is -3.64.